The Morgan fingerprint density at radius 3 is 1.96 bits per heavy atom. The number of methoxy groups -OCH3 is 1. The smallest absolute Gasteiger partial charge is 0.127 e. The molecule has 0 fully saturated rings. The molecule has 0 saturated heterocycles. The van der Waals surface area contributed by atoms with Crippen LogP contribution in [0.25, 0.3) is 11.1 Å². The molecular weight excluding hydrogens is 308 g/mol. The van der Waals surface area contributed by atoms with E-state index in [1.54, 1.807) is 7.11 Å². The lowest BCUT2D eigenvalue weighted by Crippen LogP contribution is -2.12. The van der Waals surface area contributed by atoms with Crippen LogP contribution in [0, 0.1) is 0 Å². The van der Waals surface area contributed by atoms with E-state index in [0.717, 1.165) is 5.75 Å². The Morgan fingerprint density at radius 1 is 0.833 bits per heavy atom. The van der Waals surface area contributed by atoms with Gasteiger partial charge < -0.3 is 4.74 Å². The Morgan fingerprint density at radius 2 is 1.42 bits per heavy atom. The summed E-state index contributed by atoms with van der Waals surface area (Å²) in [6, 6.07) is 11.4. The SMILES string of the molecule is COc1cc(C(C)(C)C)cc2c1-c1ccc(C(C)(C)C)cc1C2[Si]. The summed E-state index contributed by atoms with van der Waals surface area (Å²) >= 11 is 0. The first-order valence-corrected chi connectivity index (χ1v) is 9.20. The number of ether oxygens (including phenoxy) is 1. The molecule has 1 nitrogen and oxygen atoms in total. The summed E-state index contributed by atoms with van der Waals surface area (Å²) in [6.45, 7) is 13.5. The molecule has 24 heavy (non-hydrogen) atoms. The van der Waals surface area contributed by atoms with Gasteiger partial charge in [-0.1, -0.05) is 65.8 Å². The second kappa shape index (κ2) is 5.49. The van der Waals surface area contributed by atoms with Crippen molar-refractivity contribution in [1.82, 2.24) is 0 Å². The molecule has 0 N–H and O–H groups in total. The Labute approximate surface area is 149 Å². The van der Waals surface area contributed by atoms with Crippen LogP contribution in [0.2, 0.25) is 0 Å². The van der Waals surface area contributed by atoms with Crippen LogP contribution in [0.15, 0.2) is 30.3 Å². The number of rotatable bonds is 1. The van der Waals surface area contributed by atoms with E-state index in [4.69, 9.17) is 4.74 Å². The van der Waals surface area contributed by atoms with Crippen LogP contribution in [0.3, 0.4) is 0 Å². The minimum Gasteiger partial charge on any atom is -0.496 e. The molecule has 0 heterocycles. The highest BCUT2D eigenvalue weighted by Gasteiger charge is 2.31. The third-order valence-electron chi connectivity index (χ3n) is 5.03. The van der Waals surface area contributed by atoms with Crippen LogP contribution >= 0.6 is 0 Å². The molecular formula is C22H27OSi. The highest BCUT2D eigenvalue weighted by Crippen LogP contribution is 2.50. The van der Waals surface area contributed by atoms with Crippen LogP contribution in [-0.4, -0.2) is 17.4 Å². The lowest BCUT2D eigenvalue weighted by Gasteiger charge is -2.22. The van der Waals surface area contributed by atoms with Gasteiger partial charge in [-0.15, -0.1) is 0 Å². The molecule has 2 aromatic rings. The van der Waals surface area contributed by atoms with Gasteiger partial charge in [0.25, 0.3) is 0 Å². The van der Waals surface area contributed by atoms with Crippen LogP contribution < -0.4 is 4.74 Å². The summed E-state index contributed by atoms with van der Waals surface area (Å²) in [6.07, 6.45) is 0. The molecule has 1 atom stereocenters. The quantitative estimate of drug-likeness (QED) is 0.623. The van der Waals surface area contributed by atoms with Gasteiger partial charge in [-0.2, -0.15) is 0 Å². The molecule has 0 aliphatic heterocycles. The van der Waals surface area contributed by atoms with Crippen molar-refractivity contribution in [3.63, 3.8) is 0 Å². The van der Waals surface area contributed by atoms with Crippen LogP contribution in [0.1, 0.15) is 69.3 Å². The Kier molecular flexibility index (Phi) is 3.95. The number of fused-ring (bicyclic) bond motifs is 3. The predicted molar refractivity (Wildman–Crippen MR) is 103 cm³/mol. The zero-order valence-corrected chi connectivity index (χ0v) is 16.9. The maximum absolute atomic E-state index is 5.77. The average Bonchev–Trinajstić information content (AvgIpc) is 2.77. The molecule has 0 amide bonds. The molecule has 0 aromatic heterocycles. The first-order chi connectivity index (χ1) is 11.0. The third kappa shape index (κ3) is 2.71. The van der Waals surface area contributed by atoms with Crippen LogP contribution in [0.5, 0.6) is 5.75 Å². The fraction of sp³-hybridized carbons (Fsp3) is 0.455. The van der Waals surface area contributed by atoms with Gasteiger partial charge in [-0.05, 0) is 50.3 Å². The summed E-state index contributed by atoms with van der Waals surface area (Å²) < 4.78 is 5.77. The van der Waals surface area contributed by atoms with E-state index >= 15 is 0 Å². The first-order valence-electron chi connectivity index (χ1n) is 8.62. The molecule has 2 heteroatoms. The van der Waals surface area contributed by atoms with Crippen molar-refractivity contribution in [1.29, 1.82) is 0 Å². The Bertz CT molecular complexity index is 791. The average molecular weight is 336 g/mol. The van der Waals surface area contributed by atoms with Gasteiger partial charge >= 0.3 is 0 Å². The van der Waals surface area contributed by atoms with Gasteiger partial charge in [0.1, 0.15) is 5.75 Å². The second-order valence-corrected chi connectivity index (χ2v) is 9.46. The molecule has 1 aliphatic carbocycles. The van der Waals surface area contributed by atoms with Crippen molar-refractivity contribution in [3.05, 3.63) is 52.6 Å². The zero-order chi connectivity index (χ0) is 17.9. The maximum atomic E-state index is 5.77. The minimum atomic E-state index is 0.0968. The van der Waals surface area contributed by atoms with Gasteiger partial charge in [-0.3, -0.25) is 0 Å². The van der Waals surface area contributed by atoms with E-state index in [9.17, 15) is 0 Å². The molecule has 2 aromatic carbocycles. The lowest BCUT2D eigenvalue weighted by molar-refractivity contribution is 0.414. The van der Waals surface area contributed by atoms with Crippen molar-refractivity contribution in [2.45, 2.75) is 57.9 Å². The van der Waals surface area contributed by atoms with E-state index in [0.29, 0.717) is 0 Å². The molecule has 0 bridgehead atoms. The van der Waals surface area contributed by atoms with Gasteiger partial charge in [0, 0.05) is 15.8 Å². The molecule has 1 aliphatic rings. The van der Waals surface area contributed by atoms with Crippen molar-refractivity contribution in [2.24, 2.45) is 0 Å². The fourth-order valence-electron chi connectivity index (χ4n) is 3.41. The van der Waals surface area contributed by atoms with Gasteiger partial charge in [0.05, 0.1) is 7.11 Å². The van der Waals surface area contributed by atoms with E-state index in [-0.39, 0.29) is 16.4 Å². The van der Waals surface area contributed by atoms with Crippen molar-refractivity contribution >= 4 is 10.2 Å². The molecule has 1 unspecified atom stereocenters. The number of hydrogen-bond acceptors (Lipinski definition) is 1. The highest BCUT2D eigenvalue weighted by atomic mass is 28.1. The van der Waals surface area contributed by atoms with E-state index in [1.165, 1.54) is 33.4 Å². The van der Waals surface area contributed by atoms with Crippen molar-refractivity contribution in [2.75, 3.05) is 7.11 Å². The Balaban J connectivity index is 2.24. The first kappa shape index (κ1) is 17.3. The van der Waals surface area contributed by atoms with Crippen LogP contribution in [0.4, 0.5) is 0 Å². The number of benzene rings is 2. The fourth-order valence-corrected chi connectivity index (χ4v) is 3.88. The zero-order valence-electron chi connectivity index (χ0n) is 15.9. The molecule has 0 saturated carbocycles. The topological polar surface area (TPSA) is 9.23 Å². The molecule has 3 radical (unpaired) electrons. The minimum absolute atomic E-state index is 0.0968. The van der Waals surface area contributed by atoms with Gasteiger partial charge in [0.2, 0.25) is 0 Å². The summed E-state index contributed by atoms with van der Waals surface area (Å²) in [5, 5.41) is 0. The van der Waals surface area contributed by atoms with Crippen molar-refractivity contribution < 1.29 is 4.74 Å². The summed E-state index contributed by atoms with van der Waals surface area (Å²) in [5.74, 6) is 0.975. The molecule has 125 valence electrons. The lowest BCUT2D eigenvalue weighted by atomic mass is 9.84. The predicted octanol–water partition coefficient (Wildman–Crippen LogP) is 5.53. The third-order valence-corrected chi connectivity index (χ3v) is 5.65. The number of hydrogen-bond donors (Lipinski definition) is 0. The normalized spacial score (nSPS) is 16.8. The second-order valence-electron chi connectivity index (χ2n) is 8.88. The summed E-state index contributed by atoms with van der Waals surface area (Å²) in [5.41, 5.74) is 8.33. The van der Waals surface area contributed by atoms with Crippen LogP contribution in [-0.2, 0) is 10.8 Å². The highest BCUT2D eigenvalue weighted by molar-refractivity contribution is 6.18. The van der Waals surface area contributed by atoms with E-state index in [2.05, 4.69) is 82.1 Å². The van der Waals surface area contributed by atoms with E-state index < -0.39 is 0 Å². The maximum Gasteiger partial charge on any atom is 0.127 e. The molecule has 3 rings (SSSR count). The monoisotopic (exact) mass is 335 g/mol. The van der Waals surface area contributed by atoms with Crippen molar-refractivity contribution in [3.8, 4) is 16.9 Å². The summed E-state index contributed by atoms with van der Waals surface area (Å²) in [7, 11) is 5.78. The standard InChI is InChI=1S/C22H27OSi/c1-21(2,3)13-8-9-15-16(10-13)20(24)17-11-14(22(4,5)6)12-18(23-7)19(15)17/h8-12,20H,1-7H3. The largest absolute Gasteiger partial charge is 0.496 e. The van der Waals surface area contributed by atoms with Gasteiger partial charge in [0.15, 0.2) is 0 Å². The summed E-state index contributed by atoms with van der Waals surface area (Å²) in [4.78, 5) is 0. The molecule has 0 spiro atoms. The van der Waals surface area contributed by atoms with Gasteiger partial charge in [-0.25, -0.2) is 0 Å². The Hall–Kier alpha value is -1.54. The van der Waals surface area contributed by atoms with E-state index in [1.807, 2.05) is 0 Å².